The molecule has 0 aromatic carbocycles. The zero-order chi connectivity index (χ0) is 14.8. The molecule has 0 spiro atoms. The normalized spacial score (nSPS) is 31.7. The Balaban J connectivity index is 3.10. The van der Waals surface area contributed by atoms with Gasteiger partial charge in [0.25, 0.3) is 0 Å². The molecule has 106 valence electrons. The molecule has 1 rings (SSSR count). The van der Waals surface area contributed by atoms with Crippen molar-refractivity contribution in [1.82, 2.24) is 0 Å². The molecule has 4 nitrogen and oxygen atoms in total. The summed E-state index contributed by atoms with van der Waals surface area (Å²) in [5, 5.41) is 29.5. The number of allylic oxidation sites excluding steroid dienone is 2. The molecule has 0 saturated heterocycles. The fourth-order valence-electron chi connectivity index (χ4n) is 2.40. The predicted octanol–water partition coefficient (Wildman–Crippen LogP) is 2.04. The van der Waals surface area contributed by atoms with Crippen molar-refractivity contribution < 1.29 is 20.1 Å². The molecule has 0 amide bonds. The van der Waals surface area contributed by atoms with Crippen molar-refractivity contribution in [1.29, 1.82) is 0 Å². The van der Waals surface area contributed by atoms with E-state index in [1.54, 1.807) is 26.8 Å². The molecule has 3 N–H and O–H groups in total. The first kappa shape index (κ1) is 15.7. The van der Waals surface area contributed by atoms with Crippen molar-refractivity contribution in [3.8, 4) is 0 Å². The molecule has 0 radical (unpaired) electrons. The first-order valence-electron chi connectivity index (χ1n) is 6.30. The summed E-state index contributed by atoms with van der Waals surface area (Å²) in [6.45, 7) is 9.09. The Morgan fingerprint density at radius 2 is 2.05 bits per heavy atom. The van der Waals surface area contributed by atoms with Gasteiger partial charge in [-0.05, 0) is 37.0 Å². The van der Waals surface area contributed by atoms with Gasteiger partial charge in [-0.25, -0.2) is 4.79 Å². The van der Waals surface area contributed by atoms with Gasteiger partial charge in [-0.3, -0.25) is 0 Å². The van der Waals surface area contributed by atoms with Gasteiger partial charge in [0.05, 0.1) is 6.10 Å². The molecule has 19 heavy (non-hydrogen) atoms. The SMILES string of the molecule is C=C1CC[C@H](O)C(C)(C)[C@@]1(O)/C=C/C(C)=C\C(=O)O. The molecule has 0 aromatic rings. The van der Waals surface area contributed by atoms with Crippen LogP contribution in [-0.4, -0.2) is 33.0 Å². The van der Waals surface area contributed by atoms with Crippen LogP contribution in [-0.2, 0) is 4.79 Å². The van der Waals surface area contributed by atoms with E-state index in [2.05, 4.69) is 6.58 Å². The van der Waals surface area contributed by atoms with Gasteiger partial charge in [0.1, 0.15) is 5.60 Å². The second-order valence-electron chi connectivity index (χ2n) is 5.71. The van der Waals surface area contributed by atoms with Crippen LogP contribution < -0.4 is 0 Å². The molecule has 0 heterocycles. The highest BCUT2D eigenvalue weighted by Crippen LogP contribution is 2.47. The molecule has 4 heteroatoms. The summed E-state index contributed by atoms with van der Waals surface area (Å²) in [7, 11) is 0. The fraction of sp³-hybridized carbons (Fsp3) is 0.533. The van der Waals surface area contributed by atoms with E-state index >= 15 is 0 Å². The number of carbonyl (C=O) groups is 1. The monoisotopic (exact) mass is 266 g/mol. The standard InChI is InChI=1S/C15H22O4/c1-10(9-13(17)18)7-8-15(19)11(2)5-6-12(16)14(15,3)4/h7-9,12,16,19H,2,5-6H2,1,3-4H3,(H,17,18)/b8-7+,10-9-/t12-,15+/m0/s1. The molecular weight excluding hydrogens is 244 g/mol. The minimum Gasteiger partial charge on any atom is -0.478 e. The van der Waals surface area contributed by atoms with Crippen molar-refractivity contribution in [2.45, 2.75) is 45.3 Å². The van der Waals surface area contributed by atoms with Crippen LogP contribution in [0.2, 0.25) is 0 Å². The van der Waals surface area contributed by atoms with E-state index < -0.39 is 23.1 Å². The Labute approximate surface area is 113 Å². The number of hydrogen-bond donors (Lipinski definition) is 3. The summed E-state index contributed by atoms with van der Waals surface area (Å²) in [5.74, 6) is -1.03. The van der Waals surface area contributed by atoms with E-state index in [0.717, 1.165) is 6.08 Å². The van der Waals surface area contributed by atoms with Crippen LogP contribution in [0.5, 0.6) is 0 Å². The van der Waals surface area contributed by atoms with E-state index in [0.29, 0.717) is 24.0 Å². The van der Waals surface area contributed by atoms with Crippen molar-refractivity contribution in [3.63, 3.8) is 0 Å². The summed E-state index contributed by atoms with van der Waals surface area (Å²) < 4.78 is 0. The van der Waals surface area contributed by atoms with Gasteiger partial charge in [0, 0.05) is 11.5 Å². The van der Waals surface area contributed by atoms with Crippen molar-refractivity contribution in [3.05, 3.63) is 36.0 Å². The van der Waals surface area contributed by atoms with Crippen LogP contribution in [0.3, 0.4) is 0 Å². The van der Waals surface area contributed by atoms with E-state index in [1.807, 2.05) is 0 Å². The number of aliphatic hydroxyl groups is 2. The fourth-order valence-corrected chi connectivity index (χ4v) is 2.40. The minimum absolute atomic E-state index is 0.518. The third kappa shape index (κ3) is 2.96. The molecule has 2 atom stereocenters. The molecule has 1 saturated carbocycles. The van der Waals surface area contributed by atoms with E-state index in [-0.39, 0.29) is 0 Å². The smallest absolute Gasteiger partial charge is 0.328 e. The molecule has 0 bridgehead atoms. The summed E-state index contributed by atoms with van der Waals surface area (Å²) in [4.78, 5) is 10.6. The molecule has 1 aliphatic rings. The molecule has 0 aliphatic heterocycles. The lowest BCUT2D eigenvalue weighted by Crippen LogP contribution is -2.54. The zero-order valence-corrected chi connectivity index (χ0v) is 11.7. The Morgan fingerprint density at radius 3 is 2.58 bits per heavy atom. The average Bonchev–Trinajstić information content (AvgIpc) is 2.29. The van der Waals surface area contributed by atoms with Gasteiger partial charge < -0.3 is 15.3 Å². The number of carboxylic acids is 1. The van der Waals surface area contributed by atoms with E-state index in [4.69, 9.17) is 5.11 Å². The first-order valence-corrected chi connectivity index (χ1v) is 6.30. The third-order valence-corrected chi connectivity index (χ3v) is 4.01. The molecule has 1 fully saturated rings. The Kier molecular flexibility index (Phi) is 4.38. The topological polar surface area (TPSA) is 77.8 Å². The summed E-state index contributed by atoms with van der Waals surface area (Å²) in [5.41, 5.74) is -0.938. The van der Waals surface area contributed by atoms with Crippen molar-refractivity contribution >= 4 is 5.97 Å². The third-order valence-electron chi connectivity index (χ3n) is 4.01. The molecule has 0 unspecified atom stereocenters. The van der Waals surface area contributed by atoms with Gasteiger partial charge in [-0.15, -0.1) is 0 Å². The van der Waals surface area contributed by atoms with Crippen LogP contribution in [0.4, 0.5) is 0 Å². The molecule has 1 aliphatic carbocycles. The van der Waals surface area contributed by atoms with Gasteiger partial charge >= 0.3 is 5.97 Å². The van der Waals surface area contributed by atoms with E-state index in [1.165, 1.54) is 6.08 Å². The van der Waals surface area contributed by atoms with Gasteiger partial charge in [-0.2, -0.15) is 0 Å². The highest BCUT2D eigenvalue weighted by Gasteiger charge is 2.50. The lowest BCUT2D eigenvalue weighted by Gasteiger charge is -2.49. The van der Waals surface area contributed by atoms with Crippen LogP contribution in [0.1, 0.15) is 33.6 Å². The summed E-state index contributed by atoms with van der Waals surface area (Å²) in [6.07, 6.45) is 4.65. The van der Waals surface area contributed by atoms with Crippen molar-refractivity contribution in [2.75, 3.05) is 0 Å². The number of aliphatic hydroxyl groups excluding tert-OH is 1. The van der Waals surface area contributed by atoms with Gasteiger partial charge in [-0.1, -0.05) is 26.5 Å². The highest BCUT2D eigenvalue weighted by atomic mass is 16.4. The molecule has 0 aromatic heterocycles. The van der Waals surface area contributed by atoms with Crippen LogP contribution in [0, 0.1) is 5.41 Å². The number of hydrogen-bond acceptors (Lipinski definition) is 3. The van der Waals surface area contributed by atoms with Gasteiger partial charge in [0.2, 0.25) is 0 Å². The maximum absolute atomic E-state index is 10.8. The average molecular weight is 266 g/mol. The summed E-state index contributed by atoms with van der Waals surface area (Å²) >= 11 is 0. The lowest BCUT2D eigenvalue weighted by atomic mass is 9.61. The first-order chi connectivity index (χ1) is 8.61. The predicted molar refractivity (Wildman–Crippen MR) is 73.6 cm³/mol. The quantitative estimate of drug-likeness (QED) is 0.415. The van der Waals surface area contributed by atoms with Gasteiger partial charge in [0.15, 0.2) is 0 Å². The van der Waals surface area contributed by atoms with Crippen molar-refractivity contribution in [2.24, 2.45) is 5.41 Å². The Hall–Kier alpha value is -1.39. The Morgan fingerprint density at radius 1 is 1.47 bits per heavy atom. The zero-order valence-electron chi connectivity index (χ0n) is 11.7. The van der Waals surface area contributed by atoms with E-state index in [9.17, 15) is 15.0 Å². The number of aliphatic carboxylic acids is 1. The Bertz CT molecular complexity index is 445. The van der Waals surface area contributed by atoms with Crippen LogP contribution in [0.15, 0.2) is 36.0 Å². The maximum atomic E-state index is 10.8. The highest BCUT2D eigenvalue weighted by molar-refractivity contribution is 5.81. The molecular formula is C15H22O4. The maximum Gasteiger partial charge on any atom is 0.328 e. The lowest BCUT2D eigenvalue weighted by molar-refractivity contribution is -0.131. The second kappa shape index (κ2) is 5.31. The second-order valence-corrected chi connectivity index (χ2v) is 5.71. The number of carboxylic acid groups (broad SMARTS) is 1. The largest absolute Gasteiger partial charge is 0.478 e. The van der Waals surface area contributed by atoms with Crippen LogP contribution >= 0.6 is 0 Å². The van der Waals surface area contributed by atoms with Crippen LogP contribution in [0.25, 0.3) is 0 Å². The number of rotatable bonds is 3. The summed E-state index contributed by atoms with van der Waals surface area (Å²) in [6, 6.07) is 0. The minimum atomic E-state index is -1.34.